The van der Waals surface area contributed by atoms with Gasteiger partial charge in [0.15, 0.2) is 13.6 Å². The first kappa shape index (κ1) is 25.2. The molecule has 1 atom stereocenters. The second-order valence-corrected chi connectivity index (χ2v) is 9.70. The van der Waals surface area contributed by atoms with Gasteiger partial charge in [0.1, 0.15) is 5.75 Å². The maximum absolute atomic E-state index is 12.3. The third-order valence-corrected chi connectivity index (χ3v) is 5.78. The van der Waals surface area contributed by atoms with Crippen LogP contribution < -0.4 is 9.97 Å². The summed E-state index contributed by atoms with van der Waals surface area (Å²) in [4.78, 5) is 29.0. The third-order valence-electron chi connectivity index (χ3n) is 4.94. The lowest BCUT2D eigenvalue weighted by Crippen LogP contribution is -2.53. The van der Waals surface area contributed by atoms with E-state index in [0.717, 1.165) is 16.0 Å². The van der Waals surface area contributed by atoms with Crippen molar-refractivity contribution in [3.05, 3.63) is 45.9 Å². The van der Waals surface area contributed by atoms with E-state index in [2.05, 4.69) is 10.3 Å². The number of aromatic nitrogens is 1. The number of hydrogen-bond acceptors (Lipinski definition) is 9. The van der Waals surface area contributed by atoms with Crippen molar-refractivity contribution in [2.24, 2.45) is 5.41 Å². The molecule has 0 aliphatic carbocycles. The lowest BCUT2D eigenvalue weighted by Gasteiger charge is -2.29. The summed E-state index contributed by atoms with van der Waals surface area (Å²) in [5.41, 5.74) is 2.76. The molecule has 1 amide bonds. The topological polar surface area (TPSA) is 116 Å². The normalized spacial score (nSPS) is 15.5. The number of carbonyl (C=O) groups excluding carboxylic acids is 2. The molecule has 1 aromatic heterocycles. The highest BCUT2D eigenvalue weighted by atomic mass is 32.1. The largest absolute Gasteiger partial charge is 0.547 e. The van der Waals surface area contributed by atoms with Gasteiger partial charge in [-0.05, 0) is 39.2 Å². The van der Waals surface area contributed by atoms with Crippen LogP contribution in [0.4, 0.5) is 0 Å². The molecule has 1 aliphatic heterocycles. The number of hydrogen-bond donors (Lipinski definition) is 2. The minimum absolute atomic E-state index is 0.0674. The number of carbonyl (C=O) groups is 2. The maximum atomic E-state index is 12.3. The fraction of sp³-hybridized carbons (Fsp3) is 0.500. The van der Waals surface area contributed by atoms with Gasteiger partial charge in [-0.2, -0.15) is 0 Å². The van der Waals surface area contributed by atoms with Crippen LogP contribution in [0.3, 0.4) is 0 Å². The molecule has 0 saturated carbocycles. The molecule has 0 saturated heterocycles. The molecule has 33 heavy (non-hydrogen) atoms. The van der Waals surface area contributed by atoms with Gasteiger partial charge >= 0.3 is 13.1 Å². The SMILES string of the molecule is CC(C)(C)C(=O)OCOCOCc1cccc2c1OB(O)[C@@H](NC(=O)CCc1cncs1)C2. The van der Waals surface area contributed by atoms with Crippen LogP contribution in [-0.2, 0) is 43.2 Å². The fourth-order valence-electron chi connectivity index (χ4n) is 3.16. The van der Waals surface area contributed by atoms with Crippen LogP contribution in [0.5, 0.6) is 5.75 Å². The van der Waals surface area contributed by atoms with Crippen molar-refractivity contribution in [2.45, 2.75) is 52.6 Å². The van der Waals surface area contributed by atoms with Crippen molar-refractivity contribution in [3.63, 3.8) is 0 Å². The van der Waals surface area contributed by atoms with Gasteiger partial charge in [-0.15, -0.1) is 11.3 Å². The third kappa shape index (κ3) is 7.53. The molecule has 3 rings (SSSR count). The molecule has 2 N–H and O–H groups in total. The summed E-state index contributed by atoms with van der Waals surface area (Å²) in [5, 5.41) is 13.3. The number of benzene rings is 1. The van der Waals surface area contributed by atoms with Gasteiger partial charge in [-0.1, -0.05) is 18.2 Å². The predicted molar refractivity (Wildman–Crippen MR) is 122 cm³/mol. The van der Waals surface area contributed by atoms with Crippen LogP contribution >= 0.6 is 11.3 Å². The monoisotopic (exact) mass is 476 g/mol. The van der Waals surface area contributed by atoms with Crippen molar-refractivity contribution < 1.29 is 33.5 Å². The molecule has 0 radical (unpaired) electrons. The van der Waals surface area contributed by atoms with Crippen LogP contribution in [0.1, 0.15) is 43.2 Å². The fourth-order valence-corrected chi connectivity index (χ4v) is 3.76. The van der Waals surface area contributed by atoms with Crippen molar-refractivity contribution in [1.82, 2.24) is 10.3 Å². The summed E-state index contributed by atoms with van der Waals surface area (Å²) in [5.74, 6) is -0.502. The highest BCUT2D eigenvalue weighted by molar-refractivity contribution is 7.09. The summed E-state index contributed by atoms with van der Waals surface area (Å²) in [6.07, 6.45) is 3.11. The first-order valence-corrected chi connectivity index (χ1v) is 11.6. The van der Waals surface area contributed by atoms with Gasteiger partial charge < -0.3 is 29.2 Å². The van der Waals surface area contributed by atoms with Crippen molar-refractivity contribution in [1.29, 1.82) is 0 Å². The van der Waals surface area contributed by atoms with Crippen LogP contribution in [0.2, 0.25) is 0 Å². The Morgan fingerprint density at radius 2 is 2.12 bits per heavy atom. The molecule has 178 valence electrons. The Morgan fingerprint density at radius 1 is 1.30 bits per heavy atom. The molecule has 0 bridgehead atoms. The van der Waals surface area contributed by atoms with Gasteiger partial charge in [-0.25, -0.2) is 0 Å². The Hall–Kier alpha value is -2.47. The van der Waals surface area contributed by atoms with E-state index in [1.165, 1.54) is 11.3 Å². The maximum Gasteiger partial charge on any atom is 0.547 e. The second-order valence-electron chi connectivity index (χ2n) is 8.73. The number of fused-ring (bicyclic) bond motifs is 1. The van der Waals surface area contributed by atoms with Crippen LogP contribution in [-0.4, -0.2) is 48.5 Å². The van der Waals surface area contributed by atoms with E-state index in [9.17, 15) is 14.6 Å². The molecule has 2 heterocycles. The van der Waals surface area contributed by atoms with Crippen LogP contribution in [0, 0.1) is 5.41 Å². The molecule has 11 heteroatoms. The molecule has 1 aromatic carbocycles. The number of para-hydroxylation sites is 1. The summed E-state index contributed by atoms with van der Waals surface area (Å²) in [6.45, 7) is 5.21. The van der Waals surface area contributed by atoms with Crippen molar-refractivity contribution in [3.8, 4) is 5.75 Å². The molecule has 0 unspecified atom stereocenters. The summed E-state index contributed by atoms with van der Waals surface area (Å²) in [6, 6.07) is 5.59. The zero-order valence-electron chi connectivity index (χ0n) is 19.0. The number of ether oxygens (including phenoxy) is 3. The zero-order valence-corrected chi connectivity index (χ0v) is 19.9. The van der Waals surface area contributed by atoms with Crippen molar-refractivity contribution >= 4 is 30.3 Å². The van der Waals surface area contributed by atoms with E-state index in [1.54, 1.807) is 32.5 Å². The average Bonchev–Trinajstić information content (AvgIpc) is 3.28. The van der Waals surface area contributed by atoms with Crippen molar-refractivity contribution in [2.75, 3.05) is 13.6 Å². The Bertz CT molecular complexity index is 933. The number of aryl methyl sites for hydroxylation is 1. The molecule has 2 aromatic rings. The second kappa shape index (κ2) is 11.6. The van der Waals surface area contributed by atoms with E-state index < -0.39 is 18.5 Å². The highest BCUT2D eigenvalue weighted by Crippen LogP contribution is 2.30. The van der Waals surface area contributed by atoms with E-state index in [1.807, 2.05) is 18.2 Å². The Balaban J connectivity index is 1.45. The van der Waals surface area contributed by atoms with Gasteiger partial charge in [0.25, 0.3) is 0 Å². The van der Waals surface area contributed by atoms with E-state index in [-0.39, 0.29) is 32.1 Å². The first-order valence-electron chi connectivity index (χ1n) is 10.7. The van der Waals surface area contributed by atoms with Crippen LogP contribution in [0.25, 0.3) is 0 Å². The number of nitrogens with zero attached hydrogens (tertiary/aromatic N) is 1. The molecule has 0 fully saturated rings. The predicted octanol–water partition coefficient (Wildman–Crippen LogP) is 2.25. The summed E-state index contributed by atoms with van der Waals surface area (Å²) < 4.78 is 21.4. The molecular formula is C22H29BN2O7S. The Labute approximate surface area is 197 Å². The summed E-state index contributed by atoms with van der Waals surface area (Å²) in [7, 11) is -1.17. The minimum atomic E-state index is -1.17. The van der Waals surface area contributed by atoms with Crippen LogP contribution in [0.15, 0.2) is 29.9 Å². The molecule has 9 nitrogen and oxygen atoms in total. The summed E-state index contributed by atoms with van der Waals surface area (Å²) >= 11 is 1.51. The average molecular weight is 476 g/mol. The molecule has 1 aliphatic rings. The quantitative estimate of drug-likeness (QED) is 0.232. The lowest BCUT2D eigenvalue weighted by atomic mass is 9.72. The zero-order chi connectivity index (χ0) is 23.8. The Kier molecular flexibility index (Phi) is 8.84. The van der Waals surface area contributed by atoms with E-state index >= 15 is 0 Å². The molecule has 0 spiro atoms. The van der Waals surface area contributed by atoms with Gasteiger partial charge in [0, 0.05) is 23.1 Å². The number of esters is 1. The number of rotatable bonds is 10. The first-order chi connectivity index (χ1) is 15.7. The van der Waals surface area contributed by atoms with Gasteiger partial charge in [0.05, 0.1) is 23.5 Å². The highest BCUT2D eigenvalue weighted by Gasteiger charge is 2.36. The standard InChI is InChI=1S/C22H29BN2O7S/c1-22(2,3)21(27)31-14-30-13-29-11-16-6-4-5-15-9-18(23(28)32-20(15)16)25-19(26)8-7-17-10-24-12-33-17/h4-6,10,12,18,28H,7-9,11,13-14H2,1-3H3,(H,25,26)/t18-/m0/s1. The number of nitrogens with one attached hydrogen (secondary N) is 1. The Morgan fingerprint density at radius 3 is 2.85 bits per heavy atom. The smallest absolute Gasteiger partial charge is 0.534 e. The minimum Gasteiger partial charge on any atom is -0.534 e. The number of amides is 1. The van der Waals surface area contributed by atoms with E-state index in [4.69, 9.17) is 18.9 Å². The van der Waals surface area contributed by atoms with Gasteiger partial charge in [-0.3, -0.25) is 14.6 Å². The van der Waals surface area contributed by atoms with Gasteiger partial charge in [0.2, 0.25) is 5.91 Å². The van der Waals surface area contributed by atoms with E-state index in [0.29, 0.717) is 25.0 Å². The molecular weight excluding hydrogens is 447 g/mol. The lowest BCUT2D eigenvalue weighted by molar-refractivity contribution is -0.177. The number of thiazole rings is 1.